The highest BCUT2D eigenvalue weighted by Crippen LogP contribution is 2.23. The van der Waals surface area contributed by atoms with Crippen LogP contribution in [0.3, 0.4) is 0 Å². The van der Waals surface area contributed by atoms with Crippen molar-refractivity contribution in [3.63, 3.8) is 0 Å². The number of hydrogen-bond donors (Lipinski definition) is 2. The second-order valence-electron chi connectivity index (χ2n) is 10.2. The molecular weight excluding hydrogens is 567 g/mol. The summed E-state index contributed by atoms with van der Waals surface area (Å²) in [6, 6.07) is 24.2. The third-order valence-electron chi connectivity index (χ3n) is 6.98. The van der Waals surface area contributed by atoms with Crippen LogP contribution in [-0.4, -0.2) is 72.9 Å². The van der Waals surface area contributed by atoms with Crippen LogP contribution in [0.5, 0.6) is 11.5 Å². The quantitative estimate of drug-likeness (QED) is 0.249. The first-order valence-corrected chi connectivity index (χ1v) is 14.2. The molecule has 1 atom stereocenters. The zero-order valence-corrected chi connectivity index (χ0v) is 24.0. The van der Waals surface area contributed by atoms with Crippen LogP contribution in [0.25, 0.3) is 0 Å². The van der Waals surface area contributed by atoms with Gasteiger partial charge < -0.3 is 29.4 Å². The molecular formula is C33H33FN4O6. The van der Waals surface area contributed by atoms with Gasteiger partial charge in [-0.1, -0.05) is 30.3 Å². The van der Waals surface area contributed by atoms with Crippen LogP contribution in [0.1, 0.15) is 16.1 Å². The van der Waals surface area contributed by atoms with Crippen LogP contribution in [0, 0.1) is 5.82 Å². The van der Waals surface area contributed by atoms with E-state index >= 15 is 0 Å². The van der Waals surface area contributed by atoms with Crippen LogP contribution < -0.4 is 15.4 Å². The molecule has 3 amide bonds. The van der Waals surface area contributed by atoms with Gasteiger partial charge in [0, 0.05) is 31.9 Å². The van der Waals surface area contributed by atoms with Gasteiger partial charge in [0.25, 0.3) is 5.91 Å². The maximum absolute atomic E-state index is 13.3. The van der Waals surface area contributed by atoms with Crippen LogP contribution in [0.15, 0.2) is 102 Å². The highest BCUT2D eigenvalue weighted by atomic mass is 19.1. The first-order chi connectivity index (χ1) is 21.4. The molecule has 3 aromatic carbocycles. The lowest BCUT2D eigenvalue weighted by atomic mass is 10.2. The van der Waals surface area contributed by atoms with Crippen LogP contribution in [-0.2, 0) is 20.9 Å². The van der Waals surface area contributed by atoms with E-state index < -0.39 is 11.9 Å². The average Bonchev–Trinajstić information content (AvgIpc) is 3.58. The minimum absolute atomic E-state index is 0.0380. The minimum Gasteiger partial charge on any atom is -0.459 e. The summed E-state index contributed by atoms with van der Waals surface area (Å²) in [5.41, 5.74) is 1.44. The summed E-state index contributed by atoms with van der Waals surface area (Å²) in [4.78, 5) is 42.5. The van der Waals surface area contributed by atoms with Crippen LogP contribution >= 0.6 is 0 Å². The topological polar surface area (TPSA) is 113 Å². The molecule has 1 aliphatic heterocycles. The summed E-state index contributed by atoms with van der Waals surface area (Å²) >= 11 is 0. The van der Waals surface area contributed by atoms with E-state index in [1.165, 1.54) is 30.5 Å². The van der Waals surface area contributed by atoms with Gasteiger partial charge in [0.1, 0.15) is 23.4 Å². The molecule has 11 heteroatoms. The van der Waals surface area contributed by atoms with E-state index in [-0.39, 0.29) is 43.2 Å². The number of anilines is 1. The van der Waals surface area contributed by atoms with Crippen molar-refractivity contribution in [2.75, 3.05) is 44.6 Å². The van der Waals surface area contributed by atoms with Crippen molar-refractivity contribution in [2.24, 2.45) is 0 Å². The maximum atomic E-state index is 13.3. The van der Waals surface area contributed by atoms with Crippen molar-refractivity contribution in [1.29, 1.82) is 0 Å². The van der Waals surface area contributed by atoms with Crippen molar-refractivity contribution in [3.05, 3.63) is 114 Å². The highest BCUT2D eigenvalue weighted by molar-refractivity contribution is 5.97. The molecule has 0 spiro atoms. The zero-order chi connectivity index (χ0) is 30.7. The lowest BCUT2D eigenvalue weighted by molar-refractivity contribution is -0.128. The number of carbonyl (C=O) groups is 3. The van der Waals surface area contributed by atoms with Gasteiger partial charge in [-0.3, -0.25) is 19.3 Å². The Bertz CT molecular complexity index is 1510. The highest BCUT2D eigenvalue weighted by Gasteiger charge is 2.27. The maximum Gasteiger partial charge on any atom is 0.289 e. The summed E-state index contributed by atoms with van der Waals surface area (Å²) in [5, 5.41) is 5.63. The number of halogens is 1. The zero-order valence-electron chi connectivity index (χ0n) is 24.0. The van der Waals surface area contributed by atoms with Crippen LogP contribution in [0.2, 0.25) is 0 Å². The van der Waals surface area contributed by atoms with E-state index in [1.807, 2.05) is 35.2 Å². The number of amides is 3. The lowest BCUT2D eigenvalue weighted by Crippen LogP contribution is -2.53. The molecule has 1 aliphatic rings. The number of benzene rings is 3. The van der Waals surface area contributed by atoms with Crippen molar-refractivity contribution in [2.45, 2.75) is 12.6 Å². The molecule has 2 N–H and O–H groups in total. The fourth-order valence-corrected chi connectivity index (χ4v) is 4.63. The number of piperazine rings is 1. The molecule has 10 nitrogen and oxygen atoms in total. The van der Waals surface area contributed by atoms with E-state index in [9.17, 15) is 18.8 Å². The molecule has 1 unspecified atom stereocenters. The summed E-state index contributed by atoms with van der Waals surface area (Å²) in [7, 11) is 0. The monoisotopic (exact) mass is 600 g/mol. The molecule has 2 heterocycles. The molecule has 228 valence electrons. The summed E-state index contributed by atoms with van der Waals surface area (Å²) in [5.74, 6) is -0.0273. The largest absolute Gasteiger partial charge is 0.459 e. The predicted octanol–water partition coefficient (Wildman–Crippen LogP) is 4.31. The molecule has 0 bridgehead atoms. The van der Waals surface area contributed by atoms with Crippen molar-refractivity contribution in [1.82, 2.24) is 15.1 Å². The van der Waals surface area contributed by atoms with Gasteiger partial charge in [-0.25, -0.2) is 4.39 Å². The van der Waals surface area contributed by atoms with Crippen LogP contribution in [0.4, 0.5) is 10.1 Å². The van der Waals surface area contributed by atoms with E-state index in [0.29, 0.717) is 43.4 Å². The Morgan fingerprint density at radius 1 is 0.841 bits per heavy atom. The molecule has 0 saturated carbocycles. The van der Waals surface area contributed by atoms with Gasteiger partial charge in [0.15, 0.2) is 5.76 Å². The summed E-state index contributed by atoms with van der Waals surface area (Å²) in [6.45, 7) is 2.24. The molecule has 0 radical (unpaired) electrons. The van der Waals surface area contributed by atoms with Gasteiger partial charge in [-0.05, 0) is 66.2 Å². The smallest absolute Gasteiger partial charge is 0.289 e. The van der Waals surface area contributed by atoms with Crippen molar-refractivity contribution >= 4 is 23.4 Å². The molecule has 44 heavy (non-hydrogen) atoms. The molecule has 5 rings (SSSR count). The second kappa shape index (κ2) is 14.9. The summed E-state index contributed by atoms with van der Waals surface area (Å²) < 4.78 is 29.9. The van der Waals surface area contributed by atoms with Gasteiger partial charge >= 0.3 is 0 Å². The predicted molar refractivity (Wildman–Crippen MR) is 161 cm³/mol. The SMILES string of the molecule is O=C(CN1CCN(C(=O)c2ccco2)CC1)NC(COCc1ccccc1)C(=O)Nc1ccc(Oc2ccc(F)cc2)cc1. The normalized spacial score (nSPS) is 14.1. The number of hydrogen-bond acceptors (Lipinski definition) is 7. The van der Waals surface area contributed by atoms with Crippen molar-refractivity contribution < 1.29 is 32.7 Å². The van der Waals surface area contributed by atoms with E-state index in [1.54, 1.807) is 41.3 Å². The molecule has 0 aliphatic carbocycles. The minimum atomic E-state index is -0.955. The Balaban J connectivity index is 1.15. The number of furan rings is 1. The van der Waals surface area contributed by atoms with E-state index in [0.717, 1.165) is 5.56 Å². The number of ether oxygens (including phenoxy) is 2. The number of nitrogens with one attached hydrogen (secondary N) is 2. The van der Waals surface area contributed by atoms with E-state index in [2.05, 4.69) is 10.6 Å². The second-order valence-corrected chi connectivity index (χ2v) is 10.2. The average molecular weight is 601 g/mol. The summed E-state index contributed by atoms with van der Waals surface area (Å²) in [6.07, 6.45) is 1.46. The van der Waals surface area contributed by atoms with Gasteiger partial charge in [0.2, 0.25) is 11.8 Å². The number of carbonyl (C=O) groups excluding carboxylic acids is 3. The number of nitrogens with zero attached hydrogens (tertiary/aromatic N) is 2. The van der Waals surface area contributed by atoms with E-state index in [4.69, 9.17) is 13.9 Å². The molecule has 1 saturated heterocycles. The van der Waals surface area contributed by atoms with Gasteiger partial charge in [-0.2, -0.15) is 0 Å². The van der Waals surface area contributed by atoms with Gasteiger partial charge in [0.05, 0.1) is 26.0 Å². The first-order valence-electron chi connectivity index (χ1n) is 14.2. The van der Waals surface area contributed by atoms with Crippen molar-refractivity contribution in [3.8, 4) is 11.5 Å². The fraction of sp³-hybridized carbons (Fsp3) is 0.242. The lowest BCUT2D eigenvalue weighted by Gasteiger charge is -2.34. The standard InChI is InChI=1S/C33H33FN4O6/c34-25-8-12-27(13-9-25)44-28-14-10-26(11-15-28)35-32(40)29(23-42-22-24-5-2-1-3-6-24)36-31(39)21-37-16-18-38(19-17-37)33(41)30-7-4-20-43-30/h1-15,20,29H,16-19,21-23H2,(H,35,40)(H,36,39). The fourth-order valence-electron chi connectivity index (χ4n) is 4.63. The molecule has 4 aromatic rings. The first kappa shape index (κ1) is 30.5. The third-order valence-corrected chi connectivity index (χ3v) is 6.98. The Hall–Kier alpha value is -5.00. The number of rotatable bonds is 12. The molecule has 1 fully saturated rings. The Morgan fingerprint density at radius 2 is 1.52 bits per heavy atom. The third kappa shape index (κ3) is 8.76. The Labute approximate surface area is 254 Å². The Kier molecular flexibility index (Phi) is 10.3. The molecule has 1 aromatic heterocycles. The Morgan fingerprint density at radius 3 is 2.18 bits per heavy atom. The van der Waals surface area contributed by atoms with Gasteiger partial charge in [-0.15, -0.1) is 0 Å².